The van der Waals surface area contributed by atoms with E-state index >= 15 is 0 Å². The molecule has 76 valence electrons. The van der Waals surface area contributed by atoms with Crippen molar-refractivity contribution in [1.29, 1.82) is 0 Å². The Morgan fingerprint density at radius 2 is 2.14 bits per heavy atom. The summed E-state index contributed by atoms with van der Waals surface area (Å²) in [6, 6.07) is 4.54. The van der Waals surface area contributed by atoms with Gasteiger partial charge in [0, 0.05) is 5.56 Å². The summed E-state index contributed by atoms with van der Waals surface area (Å²) in [5.74, 6) is -1.80. The molecule has 14 heavy (non-hydrogen) atoms. The lowest BCUT2D eigenvalue weighted by atomic mass is 9.91. The Morgan fingerprint density at radius 1 is 1.57 bits per heavy atom. The molecule has 0 aliphatic rings. The van der Waals surface area contributed by atoms with Gasteiger partial charge >= 0.3 is 5.97 Å². The maximum atomic E-state index is 13.5. The summed E-state index contributed by atoms with van der Waals surface area (Å²) in [7, 11) is 0. The largest absolute Gasteiger partial charge is 0.480 e. The number of carboxylic acids is 1. The Kier molecular flexibility index (Phi) is 2.57. The molecule has 3 N–H and O–H groups in total. The fraction of sp³-hybridized carbons (Fsp3) is 0.300. The molecule has 0 spiro atoms. The molecule has 0 heterocycles. The van der Waals surface area contributed by atoms with Gasteiger partial charge in [0.25, 0.3) is 0 Å². The minimum atomic E-state index is -1.68. The van der Waals surface area contributed by atoms with E-state index in [-0.39, 0.29) is 5.56 Å². The number of hydrogen-bond acceptors (Lipinski definition) is 2. The highest BCUT2D eigenvalue weighted by molar-refractivity contribution is 5.80. The van der Waals surface area contributed by atoms with Crippen molar-refractivity contribution in [3.8, 4) is 0 Å². The minimum Gasteiger partial charge on any atom is -0.480 e. The zero-order chi connectivity index (χ0) is 10.9. The number of hydrogen-bond donors (Lipinski definition) is 2. The molecule has 0 aromatic heterocycles. The van der Waals surface area contributed by atoms with Gasteiger partial charge in [0.15, 0.2) is 0 Å². The Hall–Kier alpha value is -1.42. The number of halogens is 1. The first-order valence-corrected chi connectivity index (χ1v) is 4.15. The predicted octanol–water partition coefficient (Wildman–Crippen LogP) is 1.39. The summed E-state index contributed by atoms with van der Waals surface area (Å²) in [4.78, 5) is 10.8. The Morgan fingerprint density at radius 3 is 2.64 bits per heavy atom. The molecular weight excluding hydrogens is 185 g/mol. The van der Waals surface area contributed by atoms with Crippen LogP contribution in [-0.2, 0) is 10.3 Å². The summed E-state index contributed by atoms with van der Waals surface area (Å²) in [5.41, 5.74) is 4.22. The Bertz CT molecular complexity index is 374. The number of carbonyl (C=O) groups is 1. The molecule has 0 saturated heterocycles. The average molecular weight is 197 g/mol. The molecule has 0 aliphatic heterocycles. The van der Waals surface area contributed by atoms with Crippen LogP contribution in [0.3, 0.4) is 0 Å². The number of benzene rings is 1. The molecule has 0 fully saturated rings. The second-order valence-electron chi connectivity index (χ2n) is 3.44. The quantitative estimate of drug-likeness (QED) is 0.753. The van der Waals surface area contributed by atoms with E-state index < -0.39 is 17.3 Å². The summed E-state index contributed by atoms with van der Waals surface area (Å²) < 4.78 is 13.5. The van der Waals surface area contributed by atoms with Crippen molar-refractivity contribution in [2.45, 2.75) is 19.4 Å². The highest BCUT2D eigenvalue weighted by Gasteiger charge is 2.33. The third-order valence-electron chi connectivity index (χ3n) is 2.20. The van der Waals surface area contributed by atoms with Crippen molar-refractivity contribution in [1.82, 2.24) is 0 Å². The van der Waals surface area contributed by atoms with Crippen LogP contribution in [0.4, 0.5) is 4.39 Å². The van der Waals surface area contributed by atoms with Crippen LogP contribution in [0.25, 0.3) is 0 Å². The molecular formula is C10H12FNO2. The van der Waals surface area contributed by atoms with Crippen molar-refractivity contribution in [3.05, 3.63) is 35.1 Å². The van der Waals surface area contributed by atoms with Gasteiger partial charge in [-0.15, -0.1) is 0 Å². The van der Waals surface area contributed by atoms with Crippen LogP contribution in [0.5, 0.6) is 0 Å². The SMILES string of the molecule is Cc1cccc([C@](C)(N)C(=O)O)c1F. The summed E-state index contributed by atoms with van der Waals surface area (Å²) in [6.45, 7) is 2.84. The van der Waals surface area contributed by atoms with Gasteiger partial charge in [0.1, 0.15) is 11.4 Å². The lowest BCUT2D eigenvalue weighted by Gasteiger charge is -2.20. The van der Waals surface area contributed by atoms with Crippen LogP contribution in [-0.4, -0.2) is 11.1 Å². The van der Waals surface area contributed by atoms with Gasteiger partial charge < -0.3 is 10.8 Å². The fourth-order valence-corrected chi connectivity index (χ4v) is 1.16. The van der Waals surface area contributed by atoms with Crippen LogP contribution >= 0.6 is 0 Å². The smallest absolute Gasteiger partial charge is 0.328 e. The fourth-order valence-electron chi connectivity index (χ4n) is 1.16. The molecule has 1 rings (SSSR count). The van der Waals surface area contributed by atoms with E-state index in [4.69, 9.17) is 10.8 Å². The molecule has 3 nitrogen and oxygen atoms in total. The maximum Gasteiger partial charge on any atom is 0.328 e. The van der Waals surface area contributed by atoms with E-state index in [2.05, 4.69) is 0 Å². The second kappa shape index (κ2) is 3.38. The van der Waals surface area contributed by atoms with E-state index in [0.717, 1.165) is 0 Å². The molecule has 1 atom stereocenters. The number of rotatable bonds is 2. The van der Waals surface area contributed by atoms with E-state index in [1.165, 1.54) is 13.0 Å². The zero-order valence-corrected chi connectivity index (χ0v) is 8.04. The first-order valence-electron chi connectivity index (χ1n) is 4.15. The van der Waals surface area contributed by atoms with Crippen LogP contribution in [0.15, 0.2) is 18.2 Å². The maximum absolute atomic E-state index is 13.5. The monoisotopic (exact) mass is 197 g/mol. The van der Waals surface area contributed by atoms with Gasteiger partial charge in [-0.2, -0.15) is 0 Å². The number of carboxylic acid groups (broad SMARTS) is 1. The van der Waals surface area contributed by atoms with Crippen LogP contribution in [0, 0.1) is 12.7 Å². The van der Waals surface area contributed by atoms with E-state index in [9.17, 15) is 9.18 Å². The van der Waals surface area contributed by atoms with Crippen LogP contribution < -0.4 is 5.73 Å². The lowest BCUT2D eigenvalue weighted by molar-refractivity contribution is -0.143. The van der Waals surface area contributed by atoms with Gasteiger partial charge in [0.2, 0.25) is 0 Å². The first kappa shape index (κ1) is 10.7. The second-order valence-corrected chi connectivity index (χ2v) is 3.44. The van der Waals surface area contributed by atoms with Gasteiger partial charge in [-0.05, 0) is 19.4 Å². The minimum absolute atomic E-state index is 0.00463. The van der Waals surface area contributed by atoms with Crippen molar-refractivity contribution >= 4 is 5.97 Å². The highest BCUT2D eigenvalue weighted by Crippen LogP contribution is 2.23. The van der Waals surface area contributed by atoms with Gasteiger partial charge in [0.05, 0.1) is 0 Å². The topological polar surface area (TPSA) is 63.3 Å². The molecule has 0 bridgehead atoms. The summed E-state index contributed by atoms with van der Waals surface area (Å²) in [6.07, 6.45) is 0. The molecule has 1 aromatic rings. The third kappa shape index (κ3) is 1.61. The van der Waals surface area contributed by atoms with Crippen LogP contribution in [0.1, 0.15) is 18.1 Å². The molecule has 1 aromatic carbocycles. The highest BCUT2D eigenvalue weighted by atomic mass is 19.1. The first-order chi connectivity index (χ1) is 6.37. The number of aliphatic carboxylic acids is 1. The van der Waals surface area contributed by atoms with E-state index in [1.807, 2.05) is 0 Å². The van der Waals surface area contributed by atoms with Crippen molar-refractivity contribution in [2.24, 2.45) is 5.73 Å². The number of nitrogens with two attached hydrogens (primary N) is 1. The van der Waals surface area contributed by atoms with Gasteiger partial charge in [-0.3, -0.25) is 0 Å². The predicted molar refractivity (Wildman–Crippen MR) is 50.3 cm³/mol. The molecule has 0 unspecified atom stereocenters. The zero-order valence-electron chi connectivity index (χ0n) is 8.04. The lowest BCUT2D eigenvalue weighted by Crippen LogP contribution is -2.42. The van der Waals surface area contributed by atoms with Gasteiger partial charge in [-0.25, -0.2) is 9.18 Å². The Balaban J connectivity index is 3.33. The van der Waals surface area contributed by atoms with E-state index in [0.29, 0.717) is 5.56 Å². The standard InChI is InChI=1S/C10H12FNO2/c1-6-4-3-5-7(8(6)11)10(2,12)9(13)14/h3-5H,12H2,1-2H3,(H,13,14)/t10-/m0/s1. The van der Waals surface area contributed by atoms with Crippen molar-refractivity contribution < 1.29 is 14.3 Å². The molecule has 0 radical (unpaired) electrons. The normalized spacial score (nSPS) is 14.9. The average Bonchev–Trinajstić information content (AvgIpc) is 2.09. The number of aryl methyl sites for hydroxylation is 1. The molecule has 0 aliphatic carbocycles. The van der Waals surface area contributed by atoms with Crippen molar-refractivity contribution in [3.63, 3.8) is 0 Å². The summed E-state index contributed by atoms with van der Waals surface area (Å²) >= 11 is 0. The van der Waals surface area contributed by atoms with E-state index in [1.54, 1.807) is 19.1 Å². The molecule has 0 amide bonds. The molecule has 4 heteroatoms. The summed E-state index contributed by atoms with van der Waals surface area (Å²) in [5, 5.41) is 8.82. The third-order valence-corrected chi connectivity index (χ3v) is 2.20. The van der Waals surface area contributed by atoms with Crippen LogP contribution in [0.2, 0.25) is 0 Å². The molecule has 0 saturated carbocycles. The van der Waals surface area contributed by atoms with Crippen molar-refractivity contribution in [2.75, 3.05) is 0 Å². The Labute approximate surface area is 81.4 Å². The van der Waals surface area contributed by atoms with Gasteiger partial charge in [-0.1, -0.05) is 18.2 Å².